The van der Waals surface area contributed by atoms with E-state index >= 15 is 0 Å². The summed E-state index contributed by atoms with van der Waals surface area (Å²) in [6.45, 7) is 9.06. The summed E-state index contributed by atoms with van der Waals surface area (Å²) < 4.78 is 1.76. The average Bonchev–Trinajstić information content (AvgIpc) is 3.19. The molecular weight excluding hydrogens is 390 g/mol. The van der Waals surface area contributed by atoms with Gasteiger partial charge in [-0.15, -0.1) is 12.4 Å². The maximum atomic E-state index is 13.3. The lowest BCUT2D eigenvalue weighted by Crippen LogP contribution is -2.52. The van der Waals surface area contributed by atoms with Crippen molar-refractivity contribution in [2.45, 2.75) is 46.1 Å². The molecule has 0 aliphatic carbocycles. The van der Waals surface area contributed by atoms with E-state index in [2.05, 4.69) is 21.0 Å². The smallest absolute Gasteiger partial charge is 0.252 e. The molecule has 1 aliphatic heterocycles. The monoisotopic (exact) mass is 419 g/mol. The van der Waals surface area contributed by atoms with Crippen molar-refractivity contribution in [1.29, 1.82) is 0 Å². The highest BCUT2D eigenvalue weighted by molar-refractivity contribution is 5.99. The van der Waals surface area contributed by atoms with Crippen LogP contribution < -0.4 is 16.0 Å². The number of aryl methyl sites for hydroxylation is 1. The Morgan fingerprint density at radius 2 is 1.86 bits per heavy atom. The van der Waals surface area contributed by atoms with Gasteiger partial charge in [-0.25, -0.2) is 0 Å². The van der Waals surface area contributed by atoms with Crippen LogP contribution in [0, 0.1) is 12.3 Å². The lowest BCUT2D eigenvalue weighted by atomic mass is 9.87. The van der Waals surface area contributed by atoms with E-state index < -0.39 is 11.0 Å². The molecule has 1 fully saturated rings. The van der Waals surface area contributed by atoms with Crippen molar-refractivity contribution in [3.8, 4) is 0 Å². The maximum absolute atomic E-state index is 13.3. The second kappa shape index (κ2) is 8.97. The molecule has 0 atom stereocenters. The predicted molar refractivity (Wildman–Crippen MR) is 117 cm³/mol. The number of halogens is 1. The van der Waals surface area contributed by atoms with Gasteiger partial charge in [0.1, 0.15) is 5.54 Å². The first-order valence-electron chi connectivity index (χ1n) is 9.67. The molecular formula is C21H30ClN5O2. The normalized spacial score (nSPS) is 15.9. The molecule has 2 heterocycles. The fraction of sp³-hybridized carbons (Fsp3) is 0.476. The molecule has 2 aromatic rings. The number of anilines is 2. The number of carbonyl (C=O) groups excluding carboxylic acids is 2. The summed E-state index contributed by atoms with van der Waals surface area (Å²) in [5.74, 6) is -0.153. The van der Waals surface area contributed by atoms with Gasteiger partial charge in [0.25, 0.3) is 5.91 Å². The van der Waals surface area contributed by atoms with Crippen LogP contribution >= 0.6 is 12.4 Å². The topological polar surface area (TPSA) is 88.1 Å². The van der Waals surface area contributed by atoms with E-state index in [0.29, 0.717) is 24.2 Å². The van der Waals surface area contributed by atoms with Gasteiger partial charge >= 0.3 is 0 Å². The highest BCUT2D eigenvalue weighted by Crippen LogP contribution is 2.30. The van der Waals surface area contributed by atoms with Crippen LogP contribution in [0.4, 0.5) is 11.4 Å². The number of benzene rings is 1. The van der Waals surface area contributed by atoms with Crippen LogP contribution in [0.5, 0.6) is 0 Å². The molecule has 3 N–H and O–H groups in total. The Kier molecular flexibility index (Phi) is 7.08. The molecule has 3 rings (SSSR count). The van der Waals surface area contributed by atoms with E-state index in [4.69, 9.17) is 0 Å². The minimum atomic E-state index is -0.714. The third kappa shape index (κ3) is 4.97. The average molecular weight is 420 g/mol. The van der Waals surface area contributed by atoms with E-state index in [0.717, 1.165) is 18.7 Å². The van der Waals surface area contributed by atoms with Crippen molar-refractivity contribution in [2.75, 3.05) is 23.7 Å². The van der Waals surface area contributed by atoms with Gasteiger partial charge in [0, 0.05) is 29.2 Å². The number of nitrogens with zero attached hydrogens (tertiary/aromatic N) is 2. The van der Waals surface area contributed by atoms with Gasteiger partial charge in [0.2, 0.25) is 5.91 Å². The molecule has 1 aromatic carbocycles. The summed E-state index contributed by atoms with van der Waals surface area (Å²) in [5, 5.41) is 13.7. The lowest BCUT2D eigenvalue weighted by molar-refractivity contribution is -0.126. The molecule has 158 valence electrons. The van der Waals surface area contributed by atoms with E-state index in [-0.39, 0.29) is 24.2 Å². The predicted octanol–water partition coefficient (Wildman–Crippen LogP) is 3.32. The number of aromatic nitrogens is 2. The molecule has 0 bridgehead atoms. The van der Waals surface area contributed by atoms with Crippen LogP contribution in [0.1, 0.15) is 39.2 Å². The van der Waals surface area contributed by atoms with E-state index in [1.807, 2.05) is 58.2 Å². The Morgan fingerprint density at radius 3 is 2.45 bits per heavy atom. The van der Waals surface area contributed by atoms with Crippen LogP contribution in [0.2, 0.25) is 0 Å². The van der Waals surface area contributed by atoms with Gasteiger partial charge in [0.05, 0.1) is 0 Å². The first-order valence-corrected chi connectivity index (χ1v) is 9.67. The molecule has 0 unspecified atom stereocenters. The third-order valence-electron chi connectivity index (χ3n) is 5.22. The Balaban J connectivity index is 0.00000300. The summed E-state index contributed by atoms with van der Waals surface area (Å²) in [5.41, 5.74) is 1.10. The number of nitrogens with one attached hydrogen (secondary N) is 3. The van der Waals surface area contributed by atoms with Crippen LogP contribution in [0.25, 0.3) is 0 Å². The fourth-order valence-electron chi connectivity index (χ4n) is 3.31. The minimum absolute atomic E-state index is 0. The van der Waals surface area contributed by atoms with Crippen molar-refractivity contribution in [2.24, 2.45) is 5.41 Å². The zero-order valence-corrected chi connectivity index (χ0v) is 18.2. The number of hydrogen-bond acceptors (Lipinski definition) is 4. The molecule has 1 saturated heterocycles. The summed E-state index contributed by atoms with van der Waals surface area (Å²) in [4.78, 5) is 25.6. The zero-order valence-electron chi connectivity index (χ0n) is 17.4. The van der Waals surface area contributed by atoms with Crippen LogP contribution in [-0.2, 0) is 15.1 Å². The van der Waals surface area contributed by atoms with E-state index in [9.17, 15) is 9.59 Å². The van der Waals surface area contributed by atoms with Crippen molar-refractivity contribution in [1.82, 2.24) is 15.1 Å². The lowest BCUT2D eigenvalue weighted by Gasteiger charge is -2.36. The van der Waals surface area contributed by atoms with Gasteiger partial charge in [-0.05, 0) is 56.6 Å². The van der Waals surface area contributed by atoms with Gasteiger partial charge < -0.3 is 16.0 Å². The maximum Gasteiger partial charge on any atom is 0.252 e. The van der Waals surface area contributed by atoms with Crippen molar-refractivity contribution in [3.63, 3.8) is 0 Å². The highest BCUT2D eigenvalue weighted by atomic mass is 35.5. The SMILES string of the molecule is Cc1ccc(NC(=O)C2(n3cccn3)CCNCC2)cc1NC(=O)C(C)(C)C.Cl. The van der Waals surface area contributed by atoms with Gasteiger partial charge in [0.15, 0.2) is 0 Å². The summed E-state index contributed by atoms with van der Waals surface area (Å²) in [6.07, 6.45) is 4.87. The molecule has 7 nitrogen and oxygen atoms in total. The largest absolute Gasteiger partial charge is 0.325 e. The van der Waals surface area contributed by atoms with Gasteiger partial charge in [-0.3, -0.25) is 14.3 Å². The van der Waals surface area contributed by atoms with Crippen molar-refractivity contribution >= 4 is 35.6 Å². The summed E-state index contributed by atoms with van der Waals surface area (Å²) >= 11 is 0. The summed E-state index contributed by atoms with van der Waals surface area (Å²) in [7, 11) is 0. The number of piperidine rings is 1. The Bertz CT molecular complexity index is 852. The molecule has 1 aromatic heterocycles. The number of rotatable bonds is 4. The first-order chi connectivity index (χ1) is 13.2. The molecule has 0 spiro atoms. The number of carbonyl (C=O) groups is 2. The Morgan fingerprint density at radius 1 is 1.17 bits per heavy atom. The Hall–Kier alpha value is -2.38. The molecule has 1 aliphatic rings. The summed E-state index contributed by atoms with van der Waals surface area (Å²) in [6, 6.07) is 7.41. The van der Waals surface area contributed by atoms with Crippen LogP contribution in [0.3, 0.4) is 0 Å². The zero-order chi connectivity index (χ0) is 20.4. The highest BCUT2D eigenvalue weighted by Gasteiger charge is 2.42. The van der Waals surface area contributed by atoms with Crippen LogP contribution in [0.15, 0.2) is 36.7 Å². The van der Waals surface area contributed by atoms with Crippen molar-refractivity contribution < 1.29 is 9.59 Å². The quantitative estimate of drug-likeness (QED) is 0.709. The molecule has 29 heavy (non-hydrogen) atoms. The van der Waals surface area contributed by atoms with E-state index in [1.165, 1.54) is 0 Å². The number of hydrogen-bond donors (Lipinski definition) is 3. The van der Waals surface area contributed by atoms with E-state index in [1.54, 1.807) is 10.9 Å². The molecule has 0 saturated carbocycles. The number of amides is 2. The molecule has 2 amide bonds. The van der Waals surface area contributed by atoms with Gasteiger partial charge in [-0.2, -0.15) is 5.10 Å². The Labute approximate surface area is 178 Å². The molecule has 8 heteroatoms. The molecule has 0 radical (unpaired) electrons. The second-order valence-electron chi connectivity index (χ2n) is 8.42. The third-order valence-corrected chi connectivity index (χ3v) is 5.22. The minimum Gasteiger partial charge on any atom is -0.325 e. The standard InChI is InChI=1S/C21H29N5O2.ClH/c1-15-6-7-16(14-17(15)25-18(27)20(2,3)4)24-19(28)21(8-11-22-12-9-21)26-13-5-10-23-26;/h5-7,10,13-14,22H,8-9,11-12H2,1-4H3,(H,24,28)(H,25,27);1H. The van der Waals surface area contributed by atoms with Crippen molar-refractivity contribution in [3.05, 3.63) is 42.2 Å². The first kappa shape index (κ1) is 22.9. The fourth-order valence-corrected chi connectivity index (χ4v) is 3.31. The van der Waals surface area contributed by atoms with Gasteiger partial charge in [-0.1, -0.05) is 26.8 Å². The second-order valence-corrected chi connectivity index (χ2v) is 8.42. The van der Waals surface area contributed by atoms with Crippen LogP contribution in [-0.4, -0.2) is 34.7 Å².